The van der Waals surface area contributed by atoms with Gasteiger partial charge in [-0.2, -0.15) is 0 Å². The summed E-state index contributed by atoms with van der Waals surface area (Å²) >= 11 is 0. The highest BCUT2D eigenvalue weighted by molar-refractivity contribution is 6.00. The summed E-state index contributed by atoms with van der Waals surface area (Å²) in [6.45, 7) is 4.68. The number of amides is 3. The third kappa shape index (κ3) is 4.10. The van der Waals surface area contributed by atoms with Crippen LogP contribution in [0.2, 0.25) is 0 Å². The molecule has 3 aliphatic heterocycles. The van der Waals surface area contributed by atoms with Gasteiger partial charge in [-0.25, -0.2) is 0 Å². The van der Waals surface area contributed by atoms with Gasteiger partial charge in [-0.05, 0) is 38.5 Å². The van der Waals surface area contributed by atoms with Crippen LogP contribution in [0.5, 0.6) is 0 Å². The third-order valence-corrected chi connectivity index (χ3v) is 9.25. The van der Waals surface area contributed by atoms with Crippen LogP contribution in [0.4, 0.5) is 0 Å². The van der Waals surface area contributed by atoms with Gasteiger partial charge < -0.3 is 25.0 Å². The second-order valence-electron chi connectivity index (χ2n) is 11.6. The van der Waals surface area contributed by atoms with Crippen molar-refractivity contribution >= 4 is 17.7 Å². The highest BCUT2D eigenvalue weighted by Gasteiger charge is 2.76. The number of nitrogens with one attached hydrogen (secondary N) is 2. The minimum absolute atomic E-state index is 0.116. The first-order valence-corrected chi connectivity index (χ1v) is 13.6. The zero-order valence-corrected chi connectivity index (χ0v) is 21.4. The summed E-state index contributed by atoms with van der Waals surface area (Å²) in [4.78, 5) is 43.0. The standard InChI is InChI=1S/C27H41N3O5/c1-17-9-7-8-12-19(17)29-23(31)20-21-25(33)30(15-16-34-3)22(27(21)14-13-26(20,2)35-27)24(32)28-18-10-5-4-6-11-18/h13-14,17-22H,4-12,15-16H2,1-3H3,(H,28,32)(H,29,31)/t17-,19+,20-,21+,22+,26-,27+/m0/s1. The molecular formula is C27H41N3O5. The lowest BCUT2D eigenvalue weighted by Crippen LogP contribution is -2.57. The third-order valence-electron chi connectivity index (χ3n) is 9.25. The van der Waals surface area contributed by atoms with E-state index in [9.17, 15) is 14.4 Å². The van der Waals surface area contributed by atoms with E-state index in [1.807, 2.05) is 19.1 Å². The lowest BCUT2D eigenvalue weighted by Gasteiger charge is -2.35. The molecule has 5 rings (SSSR count). The van der Waals surface area contributed by atoms with Crippen LogP contribution in [0, 0.1) is 17.8 Å². The number of hydrogen-bond acceptors (Lipinski definition) is 5. The van der Waals surface area contributed by atoms with Gasteiger partial charge in [0, 0.05) is 25.7 Å². The van der Waals surface area contributed by atoms with Gasteiger partial charge in [0.2, 0.25) is 17.7 Å². The second kappa shape index (κ2) is 9.51. The summed E-state index contributed by atoms with van der Waals surface area (Å²) in [5.41, 5.74) is -2.03. The van der Waals surface area contributed by atoms with Crippen molar-refractivity contribution < 1.29 is 23.9 Å². The van der Waals surface area contributed by atoms with Gasteiger partial charge in [-0.1, -0.05) is 51.2 Å². The van der Waals surface area contributed by atoms with E-state index in [2.05, 4.69) is 17.6 Å². The summed E-state index contributed by atoms with van der Waals surface area (Å²) in [6.07, 6.45) is 13.5. The minimum atomic E-state index is -1.13. The van der Waals surface area contributed by atoms with E-state index in [1.54, 1.807) is 12.0 Å². The Morgan fingerprint density at radius 3 is 2.49 bits per heavy atom. The summed E-state index contributed by atoms with van der Waals surface area (Å²) in [5, 5.41) is 6.49. The van der Waals surface area contributed by atoms with Gasteiger partial charge in [0.05, 0.1) is 24.0 Å². The van der Waals surface area contributed by atoms with Gasteiger partial charge in [0.25, 0.3) is 0 Å². The predicted molar refractivity (Wildman–Crippen MR) is 130 cm³/mol. The molecule has 35 heavy (non-hydrogen) atoms. The quantitative estimate of drug-likeness (QED) is 0.537. The van der Waals surface area contributed by atoms with Gasteiger partial charge in [0.1, 0.15) is 11.6 Å². The van der Waals surface area contributed by atoms with Crippen LogP contribution in [0.25, 0.3) is 0 Å². The van der Waals surface area contributed by atoms with E-state index in [0.29, 0.717) is 12.5 Å². The average Bonchev–Trinajstić information content (AvgIpc) is 3.40. The normalized spacial score (nSPS) is 40.7. The Kier molecular flexibility index (Phi) is 6.72. The number of ether oxygens (including phenoxy) is 2. The van der Waals surface area contributed by atoms with Crippen LogP contribution in [0.15, 0.2) is 12.2 Å². The van der Waals surface area contributed by atoms with E-state index >= 15 is 0 Å². The molecule has 3 amide bonds. The molecule has 1 spiro atoms. The first-order chi connectivity index (χ1) is 16.8. The molecule has 3 heterocycles. The maximum atomic E-state index is 13.9. The van der Waals surface area contributed by atoms with Crippen LogP contribution >= 0.6 is 0 Å². The highest BCUT2D eigenvalue weighted by atomic mass is 16.5. The van der Waals surface area contributed by atoms with Crippen LogP contribution in [-0.4, -0.2) is 72.2 Å². The van der Waals surface area contributed by atoms with Crippen molar-refractivity contribution in [2.45, 2.75) is 101 Å². The Morgan fingerprint density at radius 1 is 1.06 bits per heavy atom. The summed E-state index contributed by atoms with van der Waals surface area (Å²) in [5.74, 6) is -1.45. The number of nitrogens with zero attached hydrogens (tertiary/aromatic N) is 1. The molecule has 0 aromatic heterocycles. The van der Waals surface area contributed by atoms with E-state index in [4.69, 9.17) is 9.47 Å². The van der Waals surface area contributed by atoms with Crippen LogP contribution in [0.1, 0.15) is 71.6 Å². The second-order valence-corrected chi connectivity index (χ2v) is 11.6. The molecule has 2 bridgehead atoms. The molecule has 0 aromatic carbocycles. The number of rotatable bonds is 7. The van der Waals surface area contributed by atoms with Crippen molar-refractivity contribution in [3.05, 3.63) is 12.2 Å². The van der Waals surface area contributed by atoms with Crippen LogP contribution in [0.3, 0.4) is 0 Å². The molecule has 2 saturated carbocycles. The Morgan fingerprint density at radius 2 is 1.77 bits per heavy atom. The number of carbonyl (C=O) groups is 3. The van der Waals surface area contributed by atoms with Gasteiger partial charge in [-0.3, -0.25) is 14.4 Å². The van der Waals surface area contributed by atoms with Crippen molar-refractivity contribution in [2.24, 2.45) is 17.8 Å². The Hall–Kier alpha value is -1.93. The monoisotopic (exact) mass is 487 g/mol. The molecule has 2 N–H and O–H groups in total. The number of methoxy groups -OCH3 is 1. The molecular weight excluding hydrogens is 446 g/mol. The van der Waals surface area contributed by atoms with E-state index in [1.165, 1.54) is 12.8 Å². The maximum absolute atomic E-state index is 13.9. The molecule has 7 atom stereocenters. The van der Waals surface area contributed by atoms with Crippen molar-refractivity contribution in [3.8, 4) is 0 Å². The van der Waals surface area contributed by atoms with Crippen molar-refractivity contribution in [1.29, 1.82) is 0 Å². The van der Waals surface area contributed by atoms with Gasteiger partial charge in [0.15, 0.2) is 0 Å². The number of carbonyl (C=O) groups excluding carboxylic acids is 3. The first kappa shape index (κ1) is 24.8. The zero-order chi connectivity index (χ0) is 24.8. The molecule has 0 aromatic rings. The van der Waals surface area contributed by atoms with Crippen LogP contribution < -0.4 is 10.6 Å². The number of fused-ring (bicyclic) bond motifs is 1. The predicted octanol–water partition coefficient (Wildman–Crippen LogP) is 2.32. The molecule has 2 saturated heterocycles. The lowest BCUT2D eigenvalue weighted by atomic mass is 9.70. The largest absolute Gasteiger partial charge is 0.383 e. The fourth-order valence-electron chi connectivity index (χ4n) is 7.39. The minimum Gasteiger partial charge on any atom is -0.383 e. The van der Waals surface area contributed by atoms with Crippen LogP contribution in [-0.2, 0) is 23.9 Å². The van der Waals surface area contributed by atoms with E-state index in [-0.39, 0.29) is 36.3 Å². The van der Waals surface area contributed by atoms with Gasteiger partial charge >= 0.3 is 0 Å². The highest BCUT2D eigenvalue weighted by Crippen LogP contribution is 2.59. The summed E-state index contributed by atoms with van der Waals surface area (Å²) in [6, 6.07) is -0.567. The summed E-state index contributed by atoms with van der Waals surface area (Å²) < 4.78 is 11.9. The van der Waals surface area contributed by atoms with Crippen molar-refractivity contribution in [1.82, 2.24) is 15.5 Å². The molecule has 5 aliphatic rings. The fourth-order valence-corrected chi connectivity index (χ4v) is 7.39. The van der Waals surface area contributed by atoms with Crippen molar-refractivity contribution in [3.63, 3.8) is 0 Å². The summed E-state index contributed by atoms with van der Waals surface area (Å²) in [7, 11) is 1.58. The molecule has 2 aliphatic carbocycles. The van der Waals surface area contributed by atoms with Gasteiger partial charge in [-0.15, -0.1) is 0 Å². The molecule has 8 nitrogen and oxygen atoms in total. The molecule has 4 fully saturated rings. The molecule has 0 radical (unpaired) electrons. The lowest BCUT2D eigenvalue weighted by molar-refractivity contribution is -0.146. The molecule has 194 valence electrons. The fraction of sp³-hybridized carbons (Fsp3) is 0.815. The molecule has 0 unspecified atom stereocenters. The van der Waals surface area contributed by atoms with E-state index in [0.717, 1.165) is 44.9 Å². The Balaban J connectivity index is 1.43. The van der Waals surface area contributed by atoms with Crippen molar-refractivity contribution in [2.75, 3.05) is 20.3 Å². The van der Waals surface area contributed by atoms with E-state index < -0.39 is 29.1 Å². The number of likely N-dealkylation sites (tertiary alicyclic amines) is 1. The molecule has 8 heteroatoms. The smallest absolute Gasteiger partial charge is 0.246 e. The topological polar surface area (TPSA) is 97.0 Å². The first-order valence-electron chi connectivity index (χ1n) is 13.6. The average molecular weight is 488 g/mol. The SMILES string of the molecule is COCCN1C(=O)[C@H]2[C@@H](C(=O)N[C@@H]3CCCC[C@@H]3C)[C@]3(C)C=C[C@]2(O3)[C@H]1C(=O)NC1CCCCC1. The number of hydrogen-bond donors (Lipinski definition) is 2. The zero-order valence-electron chi connectivity index (χ0n) is 21.4. The Labute approximate surface area is 208 Å². The Bertz CT molecular complexity index is 886. The maximum Gasteiger partial charge on any atom is 0.246 e.